The highest BCUT2D eigenvalue weighted by molar-refractivity contribution is 7.17. The molecule has 0 aliphatic carbocycles. The van der Waals surface area contributed by atoms with Crippen molar-refractivity contribution < 1.29 is 28.7 Å². The molecule has 3 aromatic rings. The summed E-state index contributed by atoms with van der Waals surface area (Å²) >= 11 is 1.01. The predicted molar refractivity (Wildman–Crippen MR) is 197 cm³/mol. The Bertz CT molecular complexity index is 1640. The summed E-state index contributed by atoms with van der Waals surface area (Å²) in [6, 6.07) is 15.0. The van der Waals surface area contributed by atoms with Gasteiger partial charge in [-0.3, -0.25) is 24.0 Å². The van der Waals surface area contributed by atoms with Crippen LogP contribution in [-0.2, 0) is 36.8 Å². The van der Waals surface area contributed by atoms with Crippen molar-refractivity contribution in [3.05, 3.63) is 82.9 Å². The first-order chi connectivity index (χ1) is 24.2. The van der Waals surface area contributed by atoms with Gasteiger partial charge >= 0.3 is 0 Å². The number of rotatable bonds is 19. The summed E-state index contributed by atoms with van der Waals surface area (Å²) in [6.07, 6.45) is 2.94. The standard InChI is InChI=1S/C38H50N6O6S/c1-23(2)18-28(32(45)38(5)22-50-38)42-35(48)30(20-26-14-10-7-11-15-26)44-34(47)29(19-24(3)4)43-33(46)27(17-16-25-12-8-6-9-13-25)41-36(49)31-21-40-37(39)51-31/h6-15,21,23-24,27-30H,16-20,22H2,1-5H3,(H2,39,40)(H,41,49)(H,42,48)(H,43,46)(H,44,47). The van der Waals surface area contributed by atoms with Crippen molar-refractivity contribution in [1.29, 1.82) is 0 Å². The van der Waals surface area contributed by atoms with Crippen molar-refractivity contribution in [2.45, 2.75) is 96.5 Å². The number of amides is 4. The number of benzene rings is 2. The number of aromatic nitrogens is 1. The summed E-state index contributed by atoms with van der Waals surface area (Å²) in [4.78, 5) is 72.5. The van der Waals surface area contributed by atoms with E-state index in [4.69, 9.17) is 10.5 Å². The van der Waals surface area contributed by atoms with Crippen LogP contribution in [0.3, 0.4) is 0 Å². The summed E-state index contributed by atoms with van der Waals surface area (Å²) in [7, 11) is 0. The highest BCUT2D eigenvalue weighted by atomic mass is 32.1. The van der Waals surface area contributed by atoms with Crippen LogP contribution in [0.15, 0.2) is 66.9 Å². The van der Waals surface area contributed by atoms with E-state index in [9.17, 15) is 24.0 Å². The second-order valence-electron chi connectivity index (χ2n) is 14.1. The third-order valence-corrected chi connectivity index (χ3v) is 9.45. The van der Waals surface area contributed by atoms with Crippen LogP contribution in [0.4, 0.5) is 5.13 Å². The van der Waals surface area contributed by atoms with E-state index >= 15 is 0 Å². The Morgan fingerprint density at radius 2 is 1.27 bits per heavy atom. The smallest absolute Gasteiger partial charge is 0.263 e. The Labute approximate surface area is 303 Å². The van der Waals surface area contributed by atoms with E-state index in [1.807, 2.05) is 88.4 Å². The number of ether oxygens (including phenoxy) is 1. The van der Waals surface area contributed by atoms with Gasteiger partial charge < -0.3 is 31.7 Å². The maximum atomic E-state index is 14.0. The number of anilines is 1. The number of nitrogens with two attached hydrogens (primary N) is 1. The Morgan fingerprint density at radius 1 is 0.765 bits per heavy atom. The molecule has 1 fully saturated rings. The number of thiazole rings is 1. The summed E-state index contributed by atoms with van der Waals surface area (Å²) in [5, 5.41) is 11.7. The van der Waals surface area contributed by atoms with Crippen molar-refractivity contribution in [1.82, 2.24) is 26.3 Å². The number of nitrogen functional groups attached to an aromatic ring is 1. The lowest BCUT2D eigenvalue weighted by Crippen LogP contribution is -2.59. The van der Waals surface area contributed by atoms with Crippen molar-refractivity contribution >= 4 is 45.9 Å². The highest BCUT2D eigenvalue weighted by Crippen LogP contribution is 2.29. The number of hydrogen-bond donors (Lipinski definition) is 5. The number of carbonyl (C=O) groups excluding carboxylic acids is 5. The molecule has 1 saturated heterocycles. The zero-order valence-corrected chi connectivity index (χ0v) is 30.8. The first kappa shape index (κ1) is 39.2. The van der Waals surface area contributed by atoms with E-state index < -0.39 is 53.4 Å². The van der Waals surface area contributed by atoms with Gasteiger partial charge in [-0.2, -0.15) is 0 Å². The number of aryl methyl sites for hydroxylation is 1. The van der Waals surface area contributed by atoms with Crippen LogP contribution in [0.25, 0.3) is 0 Å². The minimum atomic E-state index is -1.05. The maximum Gasteiger partial charge on any atom is 0.263 e. The SMILES string of the molecule is CC(C)CC(NC(=O)C(CCc1ccccc1)NC(=O)c1cnc(N)s1)C(=O)NC(Cc1ccccc1)C(=O)NC(CC(C)C)C(=O)C1(C)CO1. The number of hydrogen-bond acceptors (Lipinski definition) is 9. The normalized spacial score (nSPS) is 17.5. The molecular weight excluding hydrogens is 669 g/mol. The lowest BCUT2D eigenvalue weighted by atomic mass is 9.93. The molecule has 12 nitrogen and oxygen atoms in total. The molecular formula is C38H50N6O6S. The van der Waals surface area contributed by atoms with Crippen LogP contribution in [0.1, 0.15) is 74.7 Å². The van der Waals surface area contributed by atoms with Crippen LogP contribution in [0, 0.1) is 11.8 Å². The molecule has 0 bridgehead atoms. The third kappa shape index (κ3) is 12.0. The van der Waals surface area contributed by atoms with E-state index in [-0.39, 0.29) is 46.9 Å². The summed E-state index contributed by atoms with van der Waals surface area (Å²) < 4.78 is 5.39. The fourth-order valence-corrected chi connectivity index (χ4v) is 6.34. The molecule has 51 heavy (non-hydrogen) atoms. The topological polar surface area (TPSA) is 185 Å². The van der Waals surface area contributed by atoms with Gasteiger partial charge in [0.15, 0.2) is 10.9 Å². The van der Waals surface area contributed by atoms with Gasteiger partial charge in [0.05, 0.1) is 18.8 Å². The van der Waals surface area contributed by atoms with Gasteiger partial charge in [-0.15, -0.1) is 0 Å². The van der Waals surface area contributed by atoms with Crippen molar-refractivity contribution in [2.75, 3.05) is 12.3 Å². The van der Waals surface area contributed by atoms with E-state index in [0.717, 1.165) is 22.5 Å². The summed E-state index contributed by atoms with van der Waals surface area (Å²) in [6.45, 7) is 9.78. The average molecular weight is 719 g/mol. The van der Waals surface area contributed by atoms with Crippen molar-refractivity contribution in [3.8, 4) is 0 Å². The summed E-state index contributed by atoms with van der Waals surface area (Å²) in [5.74, 6) is -2.21. The quantitative estimate of drug-likeness (QED) is 0.116. The van der Waals surface area contributed by atoms with Gasteiger partial charge in [0.2, 0.25) is 17.7 Å². The van der Waals surface area contributed by atoms with Crippen molar-refractivity contribution in [3.63, 3.8) is 0 Å². The molecule has 0 saturated carbocycles. The molecule has 274 valence electrons. The zero-order valence-electron chi connectivity index (χ0n) is 29.9. The summed E-state index contributed by atoms with van der Waals surface area (Å²) in [5.41, 5.74) is 6.59. The molecule has 1 aromatic heterocycles. The molecule has 6 N–H and O–H groups in total. The fraction of sp³-hybridized carbons (Fsp3) is 0.474. The number of epoxide rings is 1. The minimum Gasteiger partial charge on any atom is -0.375 e. The van der Waals surface area contributed by atoms with Crippen LogP contribution < -0.4 is 27.0 Å². The van der Waals surface area contributed by atoms with Crippen LogP contribution in [-0.4, -0.2) is 70.8 Å². The van der Waals surface area contributed by atoms with Gasteiger partial charge in [0.25, 0.3) is 5.91 Å². The van der Waals surface area contributed by atoms with E-state index in [1.165, 1.54) is 6.20 Å². The number of Topliss-reactive ketones (excluding diaryl/α,β-unsaturated/α-hetero) is 1. The Hall–Kier alpha value is -4.62. The zero-order chi connectivity index (χ0) is 37.1. The molecule has 13 heteroatoms. The van der Waals surface area contributed by atoms with Gasteiger partial charge in [0.1, 0.15) is 28.6 Å². The average Bonchev–Trinajstić information content (AvgIpc) is 3.70. The molecule has 1 aliphatic heterocycles. The molecule has 2 aromatic carbocycles. The molecule has 0 radical (unpaired) electrons. The molecule has 2 heterocycles. The molecule has 1 aliphatic rings. The Balaban J connectivity index is 1.54. The molecule has 5 unspecified atom stereocenters. The van der Waals surface area contributed by atoms with Crippen LogP contribution in [0.2, 0.25) is 0 Å². The Morgan fingerprint density at radius 3 is 1.82 bits per heavy atom. The van der Waals surface area contributed by atoms with E-state index in [0.29, 0.717) is 19.4 Å². The van der Waals surface area contributed by atoms with Crippen LogP contribution in [0.5, 0.6) is 0 Å². The number of ketones is 1. The Kier molecular flexibility index (Phi) is 13.9. The molecule has 4 rings (SSSR count). The highest BCUT2D eigenvalue weighted by Gasteiger charge is 2.50. The number of nitrogens with zero attached hydrogens (tertiary/aromatic N) is 1. The predicted octanol–water partition coefficient (Wildman–Crippen LogP) is 3.60. The van der Waals surface area contributed by atoms with Crippen molar-refractivity contribution in [2.24, 2.45) is 11.8 Å². The van der Waals surface area contributed by atoms with Gasteiger partial charge in [-0.1, -0.05) is 99.7 Å². The number of carbonyl (C=O) groups is 5. The third-order valence-electron chi connectivity index (χ3n) is 8.63. The van der Waals surface area contributed by atoms with E-state index in [1.54, 1.807) is 6.92 Å². The molecule has 4 amide bonds. The van der Waals surface area contributed by atoms with Gasteiger partial charge in [-0.05, 0) is 55.6 Å². The first-order valence-electron chi connectivity index (χ1n) is 17.4. The number of nitrogens with one attached hydrogen (secondary N) is 4. The van der Waals surface area contributed by atoms with Gasteiger partial charge in [-0.25, -0.2) is 4.98 Å². The maximum absolute atomic E-state index is 14.0. The second-order valence-corrected chi connectivity index (χ2v) is 15.2. The second kappa shape index (κ2) is 18.0. The fourth-order valence-electron chi connectivity index (χ4n) is 5.75. The first-order valence-corrected chi connectivity index (χ1v) is 18.2. The molecule has 0 spiro atoms. The van der Waals surface area contributed by atoms with Crippen LogP contribution >= 0.6 is 11.3 Å². The minimum absolute atomic E-state index is 0.00712. The lowest BCUT2D eigenvalue weighted by molar-refractivity contribution is -0.134. The monoisotopic (exact) mass is 718 g/mol. The largest absolute Gasteiger partial charge is 0.375 e. The molecule has 5 atom stereocenters. The van der Waals surface area contributed by atoms with E-state index in [2.05, 4.69) is 26.3 Å². The van der Waals surface area contributed by atoms with Gasteiger partial charge in [0, 0.05) is 6.42 Å². The lowest BCUT2D eigenvalue weighted by Gasteiger charge is -2.28.